The number of carbonyl (C=O) groups is 1. The summed E-state index contributed by atoms with van der Waals surface area (Å²) in [5.74, 6) is -0.974. The van der Waals surface area contributed by atoms with Gasteiger partial charge in [0.15, 0.2) is 5.83 Å². The number of fused-ring (bicyclic) bond motifs is 2. The zero-order chi connectivity index (χ0) is 33.9. The smallest absolute Gasteiger partial charge is 0.318 e. The number of nitrogens with zero attached hydrogens (tertiary/aromatic N) is 7. The molecule has 2 fully saturated rings. The van der Waals surface area contributed by atoms with Gasteiger partial charge in [0.25, 0.3) is 5.91 Å². The van der Waals surface area contributed by atoms with Crippen molar-refractivity contribution in [2.24, 2.45) is 0 Å². The van der Waals surface area contributed by atoms with Gasteiger partial charge in [0, 0.05) is 55.4 Å². The fraction of sp³-hybridized carbons (Fsp3) is 0.385. The minimum atomic E-state index is -1.00. The molecule has 10 heteroatoms. The average molecular weight is 660 g/mol. The summed E-state index contributed by atoms with van der Waals surface area (Å²) in [5.41, 5.74) is 5.68. The second-order valence-electron chi connectivity index (χ2n) is 13.3. The second kappa shape index (κ2) is 14.2. The van der Waals surface area contributed by atoms with Crippen LogP contribution >= 0.6 is 0 Å². The molecule has 7 rings (SSSR count). The highest BCUT2D eigenvalue weighted by molar-refractivity contribution is 5.97. The normalized spacial score (nSPS) is 19.5. The van der Waals surface area contributed by atoms with E-state index in [2.05, 4.69) is 93.7 Å². The molecule has 0 radical (unpaired) electrons. The van der Waals surface area contributed by atoms with Crippen LogP contribution in [0.3, 0.4) is 0 Å². The molecular formula is C39H42FN7O2. The second-order valence-corrected chi connectivity index (χ2v) is 13.3. The number of ether oxygens (including phenoxy) is 1. The Hall–Kier alpha value is -5.01. The third-order valence-electron chi connectivity index (χ3n) is 10.2. The number of hydrogen-bond donors (Lipinski definition) is 0. The average Bonchev–Trinajstić information content (AvgIpc) is 3.56. The van der Waals surface area contributed by atoms with Crippen LogP contribution in [0.15, 0.2) is 79.1 Å². The van der Waals surface area contributed by atoms with E-state index < -0.39 is 17.8 Å². The highest BCUT2D eigenvalue weighted by Gasteiger charge is 2.36. The first-order valence-corrected chi connectivity index (χ1v) is 17.2. The first-order valence-electron chi connectivity index (χ1n) is 17.2. The number of aryl methyl sites for hydroxylation is 1. The molecule has 9 nitrogen and oxygen atoms in total. The molecule has 4 heterocycles. The Labute approximate surface area is 287 Å². The van der Waals surface area contributed by atoms with E-state index in [-0.39, 0.29) is 19.1 Å². The lowest BCUT2D eigenvalue weighted by molar-refractivity contribution is -0.131. The molecule has 0 bridgehead atoms. The Balaban J connectivity index is 1.19. The van der Waals surface area contributed by atoms with Crippen molar-refractivity contribution in [3.8, 4) is 6.01 Å². The molecule has 3 aromatic carbocycles. The quantitative estimate of drug-likeness (QED) is 0.162. The fourth-order valence-corrected chi connectivity index (χ4v) is 7.70. The number of rotatable bonds is 9. The molecule has 4 aromatic rings. The van der Waals surface area contributed by atoms with Crippen LogP contribution in [0.2, 0.25) is 0 Å². The molecule has 1 aromatic heterocycles. The number of halogens is 1. The Bertz CT molecular complexity index is 1890. The number of likely N-dealkylation sites (tertiary alicyclic amines) is 1. The van der Waals surface area contributed by atoms with Crippen LogP contribution in [0, 0.1) is 13.5 Å². The number of carbonyl (C=O) groups excluding carboxylic acids is 1. The summed E-state index contributed by atoms with van der Waals surface area (Å²) >= 11 is 0. The highest BCUT2D eigenvalue weighted by Crippen LogP contribution is 2.36. The van der Waals surface area contributed by atoms with Gasteiger partial charge >= 0.3 is 6.01 Å². The van der Waals surface area contributed by atoms with Crippen LogP contribution in [0.4, 0.5) is 15.9 Å². The van der Waals surface area contributed by atoms with E-state index in [0.29, 0.717) is 32.3 Å². The van der Waals surface area contributed by atoms with Crippen molar-refractivity contribution >= 4 is 28.2 Å². The van der Waals surface area contributed by atoms with E-state index in [9.17, 15) is 9.18 Å². The number of benzene rings is 3. The summed E-state index contributed by atoms with van der Waals surface area (Å²) in [5, 5.41) is 2.46. The first-order chi connectivity index (χ1) is 23.9. The SMILES string of the molecule is [C-]#[N+]C[C@H]1CN(c2nc(OC[C@@H]3CCCN3Cc3ccccc3)nc3c2CCN(c2cccc4cccc(C)c24)C3)CCN1C(=O)C(=C)F. The molecule has 2 atom stereocenters. The molecule has 0 N–H and O–H groups in total. The van der Waals surface area contributed by atoms with Gasteiger partial charge in [-0.1, -0.05) is 67.2 Å². The van der Waals surface area contributed by atoms with E-state index in [1.165, 1.54) is 32.5 Å². The van der Waals surface area contributed by atoms with Crippen LogP contribution in [0.25, 0.3) is 15.6 Å². The Morgan fingerprint density at radius 2 is 1.82 bits per heavy atom. The van der Waals surface area contributed by atoms with Gasteiger partial charge in [-0.3, -0.25) is 9.69 Å². The predicted molar refractivity (Wildman–Crippen MR) is 190 cm³/mol. The van der Waals surface area contributed by atoms with Crippen molar-refractivity contribution in [2.45, 2.75) is 51.4 Å². The number of amides is 1. The molecule has 3 aliphatic rings. The minimum absolute atomic E-state index is 0.0687. The number of aromatic nitrogens is 2. The van der Waals surface area contributed by atoms with Gasteiger partial charge in [0.2, 0.25) is 6.54 Å². The van der Waals surface area contributed by atoms with Crippen molar-refractivity contribution in [1.29, 1.82) is 0 Å². The molecule has 0 unspecified atom stereocenters. The lowest BCUT2D eigenvalue weighted by Crippen LogP contribution is -2.57. The Morgan fingerprint density at radius 1 is 1.00 bits per heavy atom. The first kappa shape index (κ1) is 32.5. The summed E-state index contributed by atoms with van der Waals surface area (Å²) in [7, 11) is 0. The number of hydrogen-bond acceptors (Lipinski definition) is 7. The zero-order valence-electron chi connectivity index (χ0n) is 28.0. The molecule has 2 saturated heterocycles. The minimum Gasteiger partial charge on any atom is -0.462 e. The van der Waals surface area contributed by atoms with Crippen molar-refractivity contribution in [3.63, 3.8) is 0 Å². The topological polar surface area (TPSA) is 69.4 Å². The Kier molecular flexibility index (Phi) is 9.45. The lowest BCUT2D eigenvalue weighted by atomic mass is 9.99. The van der Waals surface area contributed by atoms with Crippen LogP contribution in [0.5, 0.6) is 6.01 Å². The molecule has 49 heavy (non-hydrogen) atoms. The molecule has 0 spiro atoms. The third-order valence-corrected chi connectivity index (χ3v) is 10.2. The maximum atomic E-state index is 13.9. The summed E-state index contributed by atoms with van der Waals surface area (Å²) < 4.78 is 20.4. The van der Waals surface area contributed by atoms with Crippen molar-refractivity contribution in [1.82, 2.24) is 19.8 Å². The molecule has 252 valence electrons. The fourth-order valence-electron chi connectivity index (χ4n) is 7.70. The van der Waals surface area contributed by atoms with Crippen molar-refractivity contribution < 1.29 is 13.9 Å². The number of anilines is 2. The highest BCUT2D eigenvalue weighted by atomic mass is 19.1. The van der Waals surface area contributed by atoms with Gasteiger partial charge in [-0.05, 0) is 55.3 Å². The van der Waals surface area contributed by atoms with E-state index >= 15 is 0 Å². The summed E-state index contributed by atoms with van der Waals surface area (Å²) in [6.07, 6.45) is 2.90. The van der Waals surface area contributed by atoms with Gasteiger partial charge in [-0.25, -0.2) is 11.0 Å². The molecule has 3 aliphatic heterocycles. The molecule has 0 saturated carbocycles. The van der Waals surface area contributed by atoms with Crippen molar-refractivity contribution in [3.05, 3.63) is 113 Å². The van der Waals surface area contributed by atoms with Crippen LogP contribution < -0.4 is 14.5 Å². The van der Waals surface area contributed by atoms with Crippen LogP contribution in [0.1, 0.15) is 35.2 Å². The predicted octanol–water partition coefficient (Wildman–Crippen LogP) is 5.96. The van der Waals surface area contributed by atoms with Crippen molar-refractivity contribution in [2.75, 3.05) is 55.7 Å². The van der Waals surface area contributed by atoms with Gasteiger partial charge in [0.05, 0.1) is 12.2 Å². The maximum Gasteiger partial charge on any atom is 0.318 e. The summed E-state index contributed by atoms with van der Waals surface area (Å²) in [6.45, 7) is 17.8. The van der Waals surface area contributed by atoms with Crippen LogP contribution in [-0.2, 0) is 24.3 Å². The Morgan fingerprint density at radius 3 is 2.61 bits per heavy atom. The summed E-state index contributed by atoms with van der Waals surface area (Å²) in [4.78, 5) is 34.7. The molecule has 0 aliphatic carbocycles. The lowest BCUT2D eigenvalue weighted by Gasteiger charge is -2.41. The van der Waals surface area contributed by atoms with Gasteiger partial charge in [-0.2, -0.15) is 9.97 Å². The zero-order valence-corrected chi connectivity index (χ0v) is 28.0. The van der Waals surface area contributed by atoms with E-state index in [0.717, 1.165) is 56.0 Å². The van der Waals surface area contributed by atoms with E-state index in [4.69, 9.17) is 21.3 Å². The van der Waals surface area contributed by atoms with Crippen LogP contribution in [-0.4, -0.2) is 83.6 Å². The van der Waals surface area contributed by atoms with E-state index in [1.807, 2.05) is 6.07 Å². The molecular weight excluding hydrogens is 617 g/mol. The largest absolute Gasteiger partial charge is 0.462 e. The van der Waals surface area contributed by atoms with Gasteiger partial charge < -0.3 is 24.3 Å². The maximum absolute atomic E-state index is 13.9. The van der Waals surface area contributed by atoms with Gasteiger partial charge in [-0.15, -0.1) is 0 Å². The molecule has 1 amide bonds. The monoisotopic (exact) mass is 659 g/mol. The standard InChI is InChI=1S/C39H42FN7O2/c1-27-10-7-13-30-14-8-16-35(36(27)30)45-19-17-33-34(25-45)42-39(49-26-31-15-9-18-44(31)23-29-11-5-4-6-12-29)43-37(33)46-20-21-47(38(48)28(2)40)32(24-46)22-41-3/h4-8,10-14,16,31-32H,2,9,15,17-26H2,1H3/t31-,32-/m0/s1. The van der Waals surface area contributed by atoms with Gasteiger partial charge in [0.1, 0.15) is 18.5 Å². The van der Waals surface area contributed by atoms with E-state index in [1.54, 1.807) is 0 Å². The third kappa shape index (κ3) is 6.81. The summed E-state index contributed by atoms with van der Waals surface area (Å²) in [6, 6.07) is 23.5. The number of piperazine rings is 1.